The SMILES string of the molecule is C=c1c(CC)c2c(n/c1=C/C=C(\C)OC(=O)N1CCC(N3CCCCC3)CC1)-c1cc3c(c(=O)n1C2)COC(=O)[C@]3(O)CC. The second-order valence-corrected chi connectivity index (χ2v) is 12.4. The van der Waals surface area contributed by atoms with Crippen LogP contribution in [0.5, 0.6) is 0 Å². The summed E-state index contributed by atoms with van der Waals surface area (Å²) >= 11 is 0. The molecule has 44 heavy (non-hydrogen) atoms. The predicted octanol–water partition coefficient (Wildman–Crippen LogP) is 2.67. The normalized spacial score (nSPS) is 22.8. The van der Waals surface area contributed by atoms with Gasteiger partial charge in [0.25, 0.3) is 5.56 Å². The van der Waals surface area contributed by atoms with Crippen LogP contribution in [0, 0.1) is 0 Å². The van der Waals surface area contributed by atoms with E-state index in [9.17, 15) is 19.5 Å². The van der Waals surface area contributed by atoms with Crippen LogP contribution in [0.2, 0.25) is 0 Å². The van der Waals surface area contributed by atoms with E-state index in [4.69, 9.17) is 14.5 Å². The molecule has 4 aliphatic heterocycles. The number of nitrogens with zero attached hydrogens (tertiary/aromatic N) is 4. The molecule has 10 heteroatoms. The Kier molecular flexibility index (Phi) is 8.24. The molecule has 234 valence electrons. The van der Waals surface area contributed by atoms with Gasteiger partial charge in [0.1, 0.15) is 12.4 Å². The Labute approximate surface area is 257 Å². The fourth-order valence-electron chi connectivity index (χ4n) is 7.22. The molecule has 0 spiro atoms. The van der Waals surface area contributed by atoms with Crippen LogP contribution < -0.4 is 16.1 Å². The van der Waals surface area contributed by atoms with Crippen molar-refractivity contribution in [3.8, 4) is 11.4 Å². The molecule has 0 saturated carbocycles. The van der Waals surface area contributed by atoms with Crippen LogP contribution in [-0.2, 0) is 39.4 Å². The van der Waals surface area contributed by atoms with Crippen LogP contribution >= 0.6 is 0 Å². The lowest BCUT2D eigenvalue weighted by atomic mass is 9.86. The fourth-order valence-corrected chi connectivity index (χ4v) is 7.22. The number of hydrogen-bond donors (Lipinski definition) is 1. The summed E-state index contributed by atoms with van der Waals surface area (Å²) in [6, 6.07) is 2.26. The van der Waals surface area contributed by atoms with Crippen molar-refractivity contribution in [1.82, 2.24) is 19.4 Å². The predicted molar refractivity (Wildman–Crippen MR) is 166 cm³/mol. The summed E-state index contributed by atoms with van der Waals surface area (Å²) in [6.45, 7) is 13.6. The number of aromatic nitrogens is 2. The number of esters is 1. The number of allylic oxidation sites excluding steroid dienone is 2. The summed E-state index contributed by atoms with van der Waals surface area (Å²) in [5.41, 5.74) is 1.46. The van der Waals surface area contributed by atoms with Crippen molar-refractivity contribution in [3.63, 3.8) is 0 Å². The van der Waals surface area contributed by atoms with Crippen molar-refractivity contribution < 1.29 is 24.2 Å². The van der Waals surface area contributed by atoms with E-state index in [0.29, 0.717) is 60.2 Å². The van der Waals surface area contributed by atoms with Crippen molar-refractivity contribution in [2.45, 2.75) is 90.5 Å². The second-order valence-electron chi connectivity index (χ2n) is 12.4. The highest BCUT2D eigenvalue weighted by Gasteiger charge is 2.45. The third-order valence-electron chi connectivity index (χ3n) is 9.86. The van der Waals surface area contributed by atoms with E-state index in [1.54, 1.807) is 41.5 Å². The van der Waals surface area contributed by atoms with Gasteiger partial charge in [0.15, 0.2) is 5.60 Å². The average Bonchev–Trinajstić information content (AvgIpc) is 3.41. The van der Waals surface area contributed by atoms with Gasteiger partial charge in [0.2, 0.25) is 0 Å². The molecule has 1 atom stereocenters. The van der Waals surface area contributed by atoms with Crippen LogP contribution in [0.15, 0.2) is 22.7 Å². The monoisotopic (exact) mass is 602 g/mol. The number of amides is 1. The van der Waals surface area contributed by atoms with E-state index < -0.39 is 11.6 Å². The van der Waals surface area contributed by atoms with Gasteiger partial charge in [0.05, 0.1) is 28.8 Å². The number of carbonyl (C=O) groups is 2. The molecular formula is C34H42N4O6. The Balaban J connectivity index is 1.26. The Morgan fingerprint density at radius 2 is 1.89 bits per heavy atom. The Morgan fingerprint density at radius 3 is 2.57 bits per heavy atom. The summed E-state index contributed by atoms with van der Waals surface area (Å²) in [7, 11) is 0. The molecular weight excluding hydrogens is 560 g/mol. The van der Waals surface area contributed by atoms with E-state index in [-0.39, 0.29) is 30.2 Å². The van der Waals surface area contributed by atoms with E-state index in [1.807, 2.05) is 6.92 Å². The molecule has 2 saturated heterocycles. The number of aliphatic hydroxyl groups is 1. The zero-order valence-corrected chi connectivity index (χ0v) is 26.0. The number of carbonyl (C=O) groups excluding carboxylic acids is 2. The van der Waals surface area contributed by atoms with Gasteiger partial charge in [0, 0.05) is 30.3 Å². The molecule has 10 nitrogen and oxygen atoms in total. The molecule has 1 N–H and O–H groups in total. The van der Waals surface area contributed by atoms with E-state index in [2.05, 4.69) is 11.5 Å². The number of piperidine rings is 2. The van der Waals surface area contributed by atoms with Crippen molar-refractivity contribution in [3.05, 3.63) is 61.1 Å². The zero-order chi connectivity index (χ0) is 31.2. The minimum Gasteiger partial charge on any atom is -0.458 e. The molecule has 2 aromatic rings. The molecule has 6 heterocycles. The molecule has 0 aromatic carbocycles. The Bertz CT molecular complexity index is 1700. The number of fused-ring (bicyclic) bond motifs is 4. The van der Waals surface area contributed by atoms with Gasteiger partial charge in [-0.3, -0.25) is 4.79 Å². The number of cyclic esters (lactones) is 1. The van der Waals surface area contributed by atoms with Crippen molar-refractivity contribution in [1.29, 1.82) is 0 Å². The first-order chi connectivity index (χ1) is 21.2. The smallest absolute Gasteiger partial charge is 0.414 e. The fraction of sp³-hybridized carbons (Fsp3) is 0.529. The van der Waals surface area contributed by atoms with Gasteiger partial charge in [-0.05, 0) is 87.5 Å². The number of hydrogen-bond acceptors (Lipinski definition) is 8. The largest absolute Gasteiger partial charge is 0.458 e. The summed E-state index contributed by atoms with van der Waals surface area (Å²) in [6.07, 6.45) is 9.72. The quantitative estimate of drug-likeness (QED) is 0.350. The van der Waals surface area contributed by atoms with Crippen LogP contribution in [0.1, 0.15) is 81.5 Å². The first-order valence-electron chi connectivity index (χ1n) is 15.9. The molecule has 6 rings (SSSR count). The maximum atomic E-state index is 13.5. The Hall–Kier alpha value is -3.76. The topological polar surface area (TPSA) is 114 Å². The van der Waals surface area contributed by atoms with Gasteiger partial charge >= 0.3 is 12.1 Å². The standard InChI is InChI=1S/C34H42N4O6/c1-5-24-22(4)28(11-10-21(3)44-33(41)37-16-12-23(13-17-37)36-14-8-7-9-15-36)35-30-25(24)19-38-29(30)18-27-26(31(38)39)20-43-32(40)34(27,42)6-2/h10-11,18,23,42H,4-9,12-17,19-20H2,1-3H3/b21-10+,28-11+/t34-/m0/s1. The third kappa shape index (κ3) is 5.17. The number of pyridine rings is 2. The molecule has 0 unspecified atom stereocenters. The average molecular weight is 603 g/mol. The second kappa shape index (κ2) is 12.0. The first-order valence-corrected chi connectivity index (χ1v) is 15.9. The van der Waals surface area contributed by atoms with Gasteiger partial charge < -0.3 is 28.9 Å². The van der Waals surface area contributed by atoms with Gasteiger partial charge in [-0.2, -0.15) is 0 Å². The molecule has 4 aliphatic rings. The van der Waals surface area contributed by atoms with Gasteiger partial charge in [-0.25, -0.2) is 14.6 Å². The van der Waals surface area contributed by atoms with E-state index in [1.165, 1.54) is 19.3 Å². The number of rotatable bonds is 5. The molecule has 1 amide bonds. The summed E-state index contributed by atoms with van der Waals surface area (Å²) in [5.74, 6) is -0.300. The highest BCUT2D eigenvalue weighted by molar-refractivity contribution is 5.84. The number of likely N-dealkylation sites (tertiary alicyclic amines) is 2. The Morgan fingerprint density at radius 1 is 1.16 bits per heavy atom. The molecule has 0 bridgehead atoms. The molecule has 2 aromatic heterocycles. The molecule has 0 aliphatic carbocycles. The minimum atomic E-state index is -1.88. The highest BCUT2D eigenvalue weighted by atomic mass is 16.6. The third-order valence-corrected chi connectivity index (χ3v) is 9.86. The van der Waals surface area contributed by atoms with Crippen LogP contribution in [0.3, 0.4) is 0 Å². The van der Waals surface area contributed by atoms with Crippen LogP contribution in [0.25, 0.3) is 24.0 Å². The van der Waals surface area contributed by atoms with Crippen molar-refractivity contribution >= 4 is 24.7 Å². The molecule has 2 fully saturated rings. The summed E-state index contributed by atoms with van der Waals surface area (Å²) < 4.78 is 12.5. The van der Waals surface area contributed by atoms with E-state index >= 15 is 0 Å². The maximum Gasteiger partial charge on any atom is 0.414 e. The minimum absolute atomic E-state index is 0.0817. The molecule has 0 radical (unpaired) electrons. The van der Waals surface area contributed by atoms with Crippen LogP contribution in [0.4, 0.5) is 4.79 Å². The maximum absolute atomic E-state index is 13.5. The van der Waals surface area contributed by atoms with Crippen LogP contribution in [-0.4, -0.2) is 68.7 Å². The first kappa shape index (κ1) is 30.3. The lowest BCUT2D eigenvalue weighted by Crippen LogP contribution is -2.48. The zero-order valence-electron chi connectivity index (χ0n) is 26.0. The van der Waals surface area contributed by atoms with Gasteiger partial charge in [-0.1, -0.05) is 26.8 Å². The van der Waals surface area contributed by atoms with E-state index in [0.717, 1.165) is 42.3 Å². The number of ether oxygens (including phenoxy) is 2. The summed E-state index contributed by atoms with van der Waals surface area (Å²) in [5, 5.41) is 12.5. The summed E-state index contributed by atoms with van der Waals surface area (Å²) in [4.78, 5) is 48.3. The van der Waals surface area contributed by atoms with Crippen molar-refractivity contribution in [2.24, 2.45) is 0 Å². The van der Waals surface area contributed by atoms with Crippen molar-refractivity contribution in [2.75, 3.05) is 26.2 Å². The lowest BCUT2D eigenvalue weighted by molar-refractivity contribution is -0.172. The highest BCUT2D eigenvalue weighted by Crippen LogP contribution is 2.38. The lowest BCUT2D eigenvalue weighted by Gasteiger charge is -2.39. The van der Waals surface area contributed by atoms with Gasteiger partial charge in [-0.15, -0.1) is 0 Å².